The highest BCUT2D eigenvalue weighted by Gasteiger charge is 2.25. The van der Waals surface area contributed by atoms with Gasteiger partial charge in [0, 0.05) is 6.54 Å². The van der Waals surface area contributed by atoms with Gasteiger partial charge < -0.3 is 5.32 Å². The molecule has 0 unspecified atom stereocenters. The van der Waals surface area contributed by atoms with Crippen molar-refractivity contribution in [1.82, 2.24) is 10.0 Å². The number of rotatable bonds is 8. The number of carbonyl (C=O) groups is 1. The summed E-state index contributed by atoms with van der Waals surface area (Å²) in [6.07, 6.45) is 1.69. The van der Waals surface area contributed by atoms with Crippen molar-refractivity contribution < 1.29 is 17.6 Å². The Morgan fingerprint density at radius 2 is 1.76 bits per heavy atom. The summed E-state index contributed by atoms with van der Waals surface area (Å²) in [5, 5.41) is 2.59. The largest absolute Gasteiger partial charge is 0.351 e. The van der Waals surface area contributed by atoms with Gasteiger partial charge in [0.05, 0.1) is 4.90 Å². The molecule has 0 aliphatic heterocycles. The van der Waals surface area contributed by atoms with Crippen molar-refractivity contribution in [2.45, 2.75) is 17.4 Å². The standard InChI is InChI=1S/C18H19FN2O3S/c1-2-12-20-18(22)17(13-14-6-4-3-5-7-14)21-25(23,24)16-10-8-15(19)9-11-16/h2-11,17,21H,1,12-13H2,(H,20,22)/t17-/m1/s1. The molecule has 2 aromatic carbocycles. The maximum absolute atomic E-state index is 13.0. The molecule has 0 saturated heterocycles. The number of amides is 1. The fourth-order valence-electron chi connectivity index (χ4n) is 2.20. The SMILES string of the molecule is C=CCNC(=O)[C@@H](Cc1ccccc1)NS(=O)(=O)c1ccc(F)cc1. The lowest BCUT2D eigenvalue weighted by Crippen LogP contribution is -2.48. The molecule has 2 aromatic rings. The lowest BCUT2D eigenvalue weighted by atomic mass is 10.1. The predicted molar refractivity (Wildman–Crippen MR) is 93.9 cm³/mol. The second-order valence-electron chi connectivity index (χ2n) is 5.35. The highest BCUT2D eigenvalue weighted by molar-refractivity contribution is 7.89. The predicted octanol–water partition coefficient (Wildman–Crippen LogP) is 2.02. The van der Waals surface area contributed by atoms with Gasteiger partial charge in [0.15, 0.2) is 0 Å². The number of benzene rings is 2. The van der Waals surface area contributed by atoms with E-state index in [0.29, 0.717) is 0 Å². The van der Waals surface area contributed by atoms with Gasteiger partial charge in [-0.25, -0.2) is 12.8 Å². The summed E-state index contributed by atoms with van der Waals surface area (Å²) in [5.41, 5.74) is 0.808. The minimum atomic E-state index is -3.97. The second-order valence-corrected chi connectivity index (χ2v) is 7.07. The van der Waals surface area contributed by atoms with Crippen molar-refractivity contribution in [3.05, 3.63) is 78.6 Å². The average molecular weight is 362 g/mol. The lowest BCUT2D eigenvalue weighted by molar-refractivity contribution is -0.122. The first-order valence-electron chi connectivity index (χ1n) is 7.63. The molecule has 0 heterocycles. The molecule has 0 aromatic heterocycles. The zero-order valence-electron chi connectivity index (χ0n) is 13.5. The van der Waals surface area contributed by atoms with Gasteiger partial charge in [-0.1, -0.05) is 36.4 Å². The van der Waals surface area contributed by atoms with E-state index in [0.717, 1.165) is 29.8 Å². The first-order chi connectivity index (χ1) is 11.9. The third-order valence-corrected chi connectivity index (χ3v) is 4.93. The topological polar surface area (TPSA) is 75.3 Å². The van der Waals surface area contributed by atoms with Crippen molar-refractivity contribution in [3.63, 3.8) is 0 Å². The third kappa shape index (κ3) is 5.51. The van der Waals surface area contributed by atoms with E-state index in [1.165, 1.54) is 6.08 Å². The molecule has 132 valence electrons. The van der Waals surface area contributed by atoms with Crippen LogP contribution in [0.15, 0.2) is 72.1 Å². The monoisotopic (exact) mass is 362 g/mol. The summed E-state index contributed by atoms with van der Waals surface area (Å²) in [6.45, 7) is 3.74. The van der Waals surface area contributed by atoms with E-state index >= 15 is 0 Å². The zero-order valence-corrected chi connectivity index (χ0v) is 14.3. The average Bonchev–Trinajstić information content (AvgIpc) is 2.60. The highest BCUT2D eigenvalue weighted by Crippen LogP contribution is 2.12. The van der Waals surface area contributed by atoms with Crippen LogP contribution in [0.4, 0.5) is 4.39 Å². The maximum Gasteiger partial charge on any atom is 0.241 e. The van der Waals surface area contributed by atoms with E-state index in [1.807, 2.05) is 18.2 Å². The molecule has 0 spiro atoms. The third-order valence-electron chi connectivity index (χ3n) is 3.44. The Hall–Kier alpha value is -2.51. The van der Waals surface area contributed by atoms with Gasteiger partial charge in [0.1, 0.15) is 11.9 Å². The summed E-state index contributed by atoms with van der Waals surface area (Å²) in [7, 11) is -3.97. The van der Waals surface area contributed by atoms with Gasteiger partial charge in [-0.3, -0.25) is 4.79 Å². The number of nitrogens with one attached hydrogen (secondary N) is 2. The lowest BCUT2D eigenvalue weighted by Gasteiger charge is -2.18. The molecule has 25 heavy (non-hydrogen) atoms. The molecule has 0 aliphatic rings. The number of hydrogen-bond donors (Lipinski definition) is 2. The van der Waals surface area contributed by atoms with E-state index in [2.05, 4.69) is 16.6 Å². The Morgan fingerprint density at radius 3 is 2.36 bits per heavy atom. The van der Waals surface area contributed by atoms with Crippen LogP contribution in [0.1, 0.15) is 5.56 Å². The van der Waals surface area contributed by atoms with E-state index in [1.54, 1.807) is 12.1 Å². The first-order valence-corrected chi connectivity index (χ1v) is 9.11. The van der Waals surface area contributed by atoms with Gasteiger partial charge in [0.25, 0.3) is 0 Å². The summed E-state index contributed by atoms with van der Waals surface area (Å²) in [4.78, 5) is 12.2. The Labute approximate surface area is 146 Å². The van der Waals surface area contributed by atoms with E-state index < -0.39 is 27.8 Å². The minimum Gasteiger partial charge on any atom is -0.351 e. The number of hydrogen-bond acceptors (Lipinski definition) is 3. The quantitative estimate of drug-likeness (QED) is 0.706. The fraction of sp³-hybridized carbons (Fsp3) is 0.167. The van der Waals surface area contributed by atoms with Crippen LogP contribution < -0.4 is 10.0 Å². The van der Waals surface area contributed by atoms with Crippen molar-refractivity contribution in [2.75, 3.05) is 6.54 Å². The van der Waals surface area contributed by atoms with Gasteiger partial charge in [-0.15, -0.1) is 6.58 Å². The molecule has 0 aliphatic carbocycles. The molecule has 0 bridgehead atoms. The van der Waals surface area contributed by atoms with E-state index in [9.17, 15) is 17.6 Å². The molecule has 0 saturated carbocycles. The van der Waals surface area contributed by atoms with Gasteiger partial charge >= 0.3 is 0 Å². The maximum atomic E-state index is 13.0. The van der Waals surface area contributed by atoms with Gasteiger partial charge in [-0.2, -0.15) is 4.72 Å². The summed E-state index contributed by atoms with van der Waals surface area (Å²) >= 11 is 0. The van der Waals surface area contributed by atoms with E-state index in [-0.39, 0.29) is 17.9 Å². The molecular weight excluding hydrogens is 343 g/mol. The number of halogens is 1. The Bertz CT molecular complexity index is 821. The van der Waals surface area contributed by atoms with Crippen LogP contribution in [0.2, 0.25) is 0 Å². The molecule has 0 radical (unpaired) electrons. The Kier molecular flexibility index (Phi) is 6.44. The molecule has 2 N–H and O–H groups in total. The summed E-state index contributed by atoms with van der Waals surface area (Å²) in [6, 6.07) is 12.5. The van der Waals surface area contributed by atoms with Crippen molar-refractivity contribution in [1.29, 1.82) is 0 Å². The van der Waals surface area contributed by atoms with Crippen molar-refractivity contribution in [3.8, 4) is 0 Å². The van der Waals surface area contributed by atoms with E-state index in [4.69, 9.17) is 0 Å². The number of sulfonamides is 1. The molecule has 0 fully saturated rings. The molecule has 5 nitrogen and oxygen atoms in total. The zero-order chi connectivity index (χ0) is 18.3. The molecule has 1 atom stereocenters. The fourth-order valence-corrected chi connectivity index (χ4v) is 3.40. The van der Waals surface area contributed by atoms with Gasteiger partial charge in [-0.05, 0) is 36.2 Å². The normalized spacial score (nSPS) is 12.4. The number of carbonyl (C=O) groups excluding carboxylic acids is 1. The van der Waals surface area contributed by atoms with Gasteiger partial charge in [0.2, 0.25) is 15.9 Å². The minimum absolute atomic E-state index is 0.108. The smallest absolute Gasteiger partial charge is 0.241 e. The Morgan fingerprint density at radius 1 is 1.12 bits per heavy atom. The second kappa shape index (κ2) is 8.55. The van der Waals surface area contributed by atoms with Crippen molar-refractivity contribution >= 4 is 15.9 Å². The van der Waals surface area contributed by atoms with Crippen molar-refractivity contribution in [2.24, 2.45) is 0 Å². The van der Waals surface area contributed by atoms with Crippen LogP contribution >= 0.6 is 0 Å². The molecule has 7 heteroatoms. The van der Waals surface area contributed by atoms with Crippen LogP contribution in [-0.4, -0.2) is 26.9 Å². The molecule has 2 rings (SSSR count). The van der Waals surface area contributed by atoms with Crippen LogP contribution in [0.25, 0.3) is 0 Å². The molecule has 1 amide bonds. The Balaban J connectivity index is 2.23. The highest BCUT2D eigenvalue weighted by atomic mass is 32.2. The first kappa shape index (κ1) is 18.8. The summed E-state index contributed by atoms with van der Waals surface area (Å²) < 4.78 is 40.4. The van der Waals surface area contributed by atoms with Crippen LogP contribution in [-0.2, 0) is 21.2 Å². The van der Waals surface area contributed by atoms with Crippen LogP contribution in [0, 0.1) is 5.82 Å². The summed E-state index contributed by atoms with van der Waals surface area (Å²) in [5.74, 6) is -1.00. The van der Waals surface area contributed by atoms with Crippen LogP contribution in [0.5, 0.6) is 0 Å². The molecular formula is C18H19FN2O3S. The van der Waals surface area contributed by atoms with Crippen LogP contribution in [0.3, 0.4) is 0 Å².